The number of carbonyl (C=O) groups is 1. The maximum atomic E-state index is 11.4. The van der Waals surface area contributed by atoms with E-state index < -0.39 is 6.10 Å². The highest BCUT2D eigenvalue weighted by molar-refractivity contribution is 5.73. The number of hydrogen-bond donors (Lipinski definition) is 3. The van der Waals surface area contributed by atoms with E-state index in [9.17, 15) is 15.0 Å². The van der Waals surface area contributed by atoms with Crippen LogP contribution in [0.3, 0.4) is 0 Å². The van der Waals surface area contributed by atoms with E-state index in [4.69, 9.17) is 0 Å². The van der Waals surface area contributed by atoms with Crippen molar-refractivity contribution < 1.29 is 15.0 Å². The van der Waals surface area contributed by atoms with Crippen molar-refractivity contribution in [2.75, 3.05) is 0 Å². The van der Waals surface area contributed by atoms with E-state index in [0.717, 1.165) is 18.4 Å². The van der Waals surface area contributed by atoms with Crippen molar-refractivity contribution in [3.8, 4) is 5.75 Å². The van der Waals surface area contributed by atoms with Gasteiger partial charge in [0.2, 0.25) is 5.91 Å². The van der Waals surface area contributed by atoms with Gasteiger partial charge in [0.1, 0.15) is 5.75 Å². The summed E-state index contributed by atoms with van der Waals surface area (Å²) in [5.74, 6) is 0.0701. The molecule has 0 heterocycles. The number of aliphatic hydroxyl groups excluding tert-OH is 1. The second-order valence-electron chi connectivity index (χ2n) is 7.00. The number of unbranched alkanes of at least 4 members (excludes halogenated alkanes) is 5. The average molecular weight is 362 g/mol. The molecular weight excluding hydrogens is 326 g/mol. The molecule has 2 unspecified atom stereocenters. The molecule has 1 rings (SSSR count). The van der Waals surface area contributed by atoms with Gasteiger partial charge in [-0.15, -0.1) is 0 Å². The van der Waals surface area contributed by atoms with Crippen molar-refractivity contribution in [3.63, 3.8) is 0 Å². The van der Waals surface area contributed by atoms with Gasteiger partial charge >= 0.3 is 0 Å². The van der Waals surface area contributed by atoms with Crippen LogP contribution in [0.4, 0.5) is 0 Å². The van der Waals surface area contributed by atoms with Crippen molar-refractivity contribution in [2.45, 2.75) is 83.8 Å². The molecule has 0 radical (unpaired) electrons. The first-order chi connectivity index (χ1) is 12.5. The number of carbonyl (C=O) groups excluding carboxylic acids is 1. The van der Waals surface area contributed by atoms with Gasteiger partial charge in [-0.3, -0.25) is 4.79 Å². The normalized spacial score (nSPS) is 13.7. The van der Waals surface area contributed by atoms with Crippen molar-refractivity contribution in [3.05, 3.63) is 42.0 Å². The smallest absolute Gasteiger partial charge is 0.217 e. The van der Waals surface area contributed by atoms with Crippen LogP contribution in [0.25, 0.3) is 0 Å². The van der Waals surface area contributed by atoms with Gasteiger partial charge in [-0.1, -0.05) is 56.9 Å². The minimum Gasteiger partial charge on any atom is -0.508 e. The van der Waals surface area contributed by atoms with E-state index in [1.807, 2.05) is 12.1 Å². The molecule has 3 N–H and O–H groups in total. The first-order valence-corrected chi connectivity index (χ1v) is 9.91. The summed E-state index contributed by atoms with van der Waals surface area (Å²) in [5, 5.41) is 22.7. The summed E-state index contributed by atoms with van der Waals surface area (Å²) in [5.41, 5.74) is 0.975. The van der Waals surface area contributed by atoms with E-state index in [2.05, 4.69) is 24.4 Å². The Kier molecular flexibility index (Phi) is 11.5. The summed E-state index contributed by atoms with van der Waals surface area (Å²) in [7, 11) is 0. The van der Waals surface area contributed by atoms with Gasteiger partial charge in [0, 0.05) is 6.92 Å². The zero-order valence-corrected chi connectivity index (χ0v) is 16.3. The molecular formula is C22H35NO3. The first kappa shape index (κ1) is 22.2. The minimum absolute atomic E-state index is 0.143. The number of phenols is 1. The lowest BCUT2D eigenvalue weighted by Gasteiger charge is -2.23. The van der Waals surface area contributed by atoms with Crippen LogP contribution in [0.2, 0.25) is 0 Å². The van der Waals surface area contributed by atoms with Gasteiger partial charge in [0.15, 0.2) is 0 Å². The molecule has 0 aliphatic rings. The largest absolute Gasteiger partial charge is 0.508 e. The van der Waals surface area contributed by atoms with Crippen LogP contribution >= 0.6 is 0 Å². The Bertz CT molecular complexity index is 525. The zero-order chi connectivity index (χ0) is 19.2. The molecule has 0 aliphatic carbocycles. The van der Waals surface area contributed by atoms with Gasteiger partial charge in [0.05, 0.1) is 12.1 Å². The van der Waals surface area contributed by atoms with Crippen LogP contribution in [-0.2, 0) is 11.2 Å². The number of amides is 1. The van der Waals surface area contributed by atoms with Crippen molar-refractivity contribution in [1.82, 2.24) is 5.32 Å². The molecule has 4 heteroatoms. The molecule has 0 bridgehead atoms. The van der Waals surface area contributed by atoms with Crippen molar-refractivity contribution in [1.29, 1.82) is 0 Å². The highest BCUT2D eigenvalue weighted by Crippen LogP contribution is 2.14. The van der Waals surface area contributed by atoms with E-state index in [1.165, 1.54) is 39.0 Å². The van der Waals surface area contributed by atoms with E-state index in [0.29, 0.717) is 12.8 Å². The highest BCUT2D eigenvalue weighted by atomic mass is 16.3. The monoisotopic (exact) mass is 361 g/mol. The molecule has 0 saturated heterocycles. The van der Waals surface area contributed by atoms with E-state index >= 15 is 0 Å². The quantitative estimate of drug-likeness (QED) is 0.358. The minimum atomic E-state index is -0.595. The predicted octanol–water partition coefficient (Wildman–Crippen LogP) is 4.50. The van der Waals surface area contributed by atoms with Crippen LogP contribution in [-0.4, -0.2) is 28.3 Å². The summed E-state index contributed by atoms with van der Waals surface area (Å²) < 4.78 is 0. The number of benzene rings is 1. The fourth-order valence-corrected chi connectivity index (χ4v) is 3.00. The predicted molar refractivity (Wildman–Crippen MR) is 107 cm³/mol. The Morgan fingerprint density at radius 2 is 1.73 bits per heavy atom. The molecule has 0 spiro atoms. The number of hydrogen-bond acceptors (Lipinski definition) is 3. The standard InChI is InChI=1S/C22H35NO3/c1-3-4-5-6-7-8-9-10-11-12-22(26)21(23-18(2)24)17-19-13-15-20(25)16-14-19/h9-10,13-16,21-22,25-26H,3-8,11-12,17H2,1-2H3,(H,23,24). The Hall–Kier alpha value is -1.81. The third-order valence-corrected chi connectivity index (χ3v) is 4.52. The molecule has 0 fully saturated rings. The molecule has 0 aliphatic heterocycles. The van der Waals surface area contributed by atoms with Gasteiger partial charge < -0.3 is 15.5 Å². The molecule has 1 aromatic carbocycles. The summed E-state index contributed by atoms with van der Waals surface area (Å²) in [6.45, 7) is 3.69. The Balaban J connectivity index is 2.37. The number of aromatic hydroxyl groups is 1. The number of allylic oxidation sites excluding steroid dienone is 2. The number of phenolic OH excluding ortho intramolecular Hbond substituents is 1. The van der Waals surface area contributed by atoms with Crippen LogP contribution < -0.4 is 5.32 Å². The molecule has 146 valence electrons. The Labute approximate surface area is 158 Å². The van der Waals surface area contributed by atoms with Gasteiger partial charge in [-0.2, -0.15) is 0 Å². The Morgan fingerprint density at radius 1 is 1.08 bits per heavy atom. The zero-order valence-electron chi connectivity index (χ0n) is 16.3. The van der Waals surface area contributed by atoms with Crippen LogP contribution in [0, 0.1) is 0 Å². The van der Waals surface area contributed by atoms with Crippen LogP contribution in [0.5, 0.6) is 5.75 Å². The topological polar surface area (TPSA) is 69.6 Å². The van der Waals surface area contributed by atoms with Crippen molar-refractivity contribution >= 4 is 5.91 Å². The van der Waals surface area contributed by atoms with Gasteiger partial charge in [-0.05, 0) is 49.8 Å². The summed E-state index contributed by atoms with van der Waals surface area (Å²) in [4.78, 5) is 11.4. The molecule has 0 aromatic heterocycles. The van der Waals surface area contributed by atoms with Crippen molar-refractivity contribution in [2.24, 2.45) is 0 Å². The maximum Gasteiger partial charge on any atom is 0.217 e. The second-order valence-corrected chi connectivity index (χ2v) is 7.00. The summed E-state index contributed by atoms with van der Waals surface area (Å²) in [6, 6.07) is 6.55. The lowest BCUT2D eigenvalue weighted by atomic mass is 9.98. The number of rotatable bonds is 13. The SMILES string of the molecule is CCCCCCCC=CCCC(O)C(Cc1ccc(O)cc1)NC(C)=O. The van der Waals surface area contributed by atoms with E-state index in [1.54, 1.807) is 12.1 Å². The van der Waals surface area contributed by atoms with E-state index in [-0.39, 0.29) is 17.7 Å². The Morgan fingerprint density at radius 3 is 2.38 bits per heavy atom. The third-order valence-electron chi connectivity index (χ3n) is 4.52. The molecule has 4 nitrogen and oxygen atoms in total. The number of aliphatic hydroxyl groups is 1. The summed E-state index contributed by atoms with van der Waals surface area (Å²) >= 11 is 0. The van der Waals surface area contributed by atoms with Gasteiger partial charge in [0.25, 0.3) is 0 Å². The third kappa shape index (κ3) is 10.2. The maximum absolute atomic E-state index is 11.4. The molecule has 1 amide bonds. The first-order valence-electron chi connectivity index (χ1n) is 9.91. The fraction of sp³-hybridized carbons (Fsp3) is 0.591. The van der Waals surface area contributed by atoms with Gasteiger partial charge in [-0.25, -0.2) is 0 Å². The number of nitrogens with one attached hydrogen (secondary N) is 1. The second kappa shape index (κ2) is 13.4. The fourth-order valence-electron chi connectivity index (χ4n) is 3.00. The molecule has 1 aromatic rings. The molecule has 26 heavy (non-hydrogen) atoms. The molecule has 0 saturated carbocycles. The average Bonchev–Trinajstić information content (AvgIpc) is 2.61. The van der Waals surface area contributed by atoms with Crippen LogP contribution in [0.1, 0.15) is 70.8 Å². The molecule has 2 atom stereocenters. The lowest BCUT2D eigenvalue weighted by Crippen LogP contribution is -2.43. The highest BCUT2D eigenvalue weighted by Gasteiger charge is 2.20. The summed E-state index contributed by atoms with van der Waals surface area (Å²) in [6.07, 6.45) is 13.2. The van der Waals surface area contributed by atoms with Crippen LogP contribution in [0.15, 0.2) is 36.4 Å². The lowest BCUT2D eigenvalue weighted by molar-refractivity contribution is -0.120.